The van der Waals surface area contributed by atoms with E-state index in [4.69, 9.17) is 6.57 Å². The summed E-state index contributed by atoms with van der Waals surface area (Å²) in [5.41, 5.74) is 3.13. The van der Waals surface area contributed by atoms with Gasteiger partial charge in [-0.05, 0) is 42.8 Å². The van der Waals surface area contributed by atoms with Crippen LogP contribution in [0.2, 0.25) is 0 Å². The number of carbonyl (C=O) groups is 1. The summed E-state index contributed by atoms with van der Waals surface area (Å²) >= 11 is 0. The molecule has 0 unspecified atom stereocenters. The fraction of sp³-hybridized carbons (Fsp3) is 0.0952. The molecule has 0 fully saturated rings. The molecule has 0 radical (unpaired) electrons. The number of aryl methyl sites for hydroxylation is 1. The van der Waals surface area contributed by atoms with Crippen LogP contribution in [0.5, 0.6) is 0 Å². The summed E-state index contributed by atoms with van der Waals surface area (Å²) in [4.78, 5) is 33.9. The third-order valence-corrected chi connectivity index (χ3v) is 4.69. The van der Waals surface area contributed by atoms with Crippen molar-refractivity contribution in [1.29, 1.82) is 0 Å². The number of anilines is 3. The Hall–Kier alpha value is -3.92. The Balaban J connectivity index is 1.90. The monoisotopic (exact) mass is 374 g/mol. The van der Waals surface area contributed by atoms with E-state index < -0.39 is 0 Å². The molecule has 1 aliphatic rings. The van der Waals surface area contributed by atoms with Gasteiger partial charge in [-0.3, -0.25) is 14.5 Å². The number of aromatic amines is 1. The van der Waals surface area contributed by atoms with E-state index in [0.29, 0.717) is 28.2 Å². The fourth-order valence-corrected chi connectivity index (χ4v) is 3.32. The molecule has 2 aromatic carbocycles. The topological polar surface area (TPSA) is 60.8 Å². The Bertz CT molecular complexity index is 1180. The number of benzene rings is 2. The molecule has 1 aromatic heterocycles. The molecule has 1 amide bonds. The maximum atomic E-state index is 13.6. The molecule has 28 heavy (non-hydrogen) atoms. The number of fused-ring (bicyclic) bond motifs is 1. The van der Waals surface area contributed by atoms with Gasteiger partial charge in [0.2, 0.25) is 5.56 Å². The van der Waals surface area contributed by atoms with E-state index >= 15 is 0 Å². The van der Waals surface area contributed by atoms with E-state index in [1.807, 2.05) is 4.90 Å². The van der Waals surface area contributed by atoms with Crippen molar-refractivity contribution in [3.63, 3.8) is 0 Å². The van der Waals surface area contributed by atoms with Crippen molar-refractivity contribution in [2.75, 3.05) is 16.5 Å². The lowest BCUT2D eigenvalue weighted by Crippen LogP contribution is -2.45. The fourth-order valence-electron chi connectivity index (χ4n) is 3.32. The molecular weight excluding hydrogens is 359 g/mol. The molecule has 1 N–H and O–H groups in total. The standard InChI is InChI=1S/C21H15FN4O2/c1-13-9-14(22)3-7-18(13)26-12-25(16-5-8-20(27)24-11-16)21(28)17-6-4-15(23-2)10-19(17)26/h3-11H,12H2,1H3,(H,24,27). The van der Waals surface area contributed by atoms with Gasteiger partial charge in [-0.25, -0.2) is 9.24 Å². The largest absolute Gasteiger partial charge is 0.327 e. The second-order valence-electron chi connectivity index (χ2n) is 6.46. The molecule has 0 aliphatic carbocycles. The van der Waals surface area contributed by atoms with Crippen LogP contribution >= 0.6 is 0 Å². The van der Waals surface area contributed by atoms with Gasteiger partial charge in [0.15, 0.2) is 5.69 Å². The summed E-state index contributed by atoms with van der Waals surface area (Å²) in [6, 6.07) is 12.2. The Morgan fingerprint density at radius 2 is 1.86 bits per heavy atom. The minimum absolute atomic E-state index is 0.159. The predicted molar refractivity (Wildman–Crippen MR) is 105 cm³/mol. The molecule has 0 spiro atoms. The third kappa shape index (κ3) is 2.91. The zero-order valence-electron chi connectivity index (χ0n) is 14.9. The number of aromatic nitrogens is 1. The van der Waals surface area contributed by atoms with Gasteiger partial charge in [0.05, 0.1) is 17.8 Å². The van der Waals surface area contributed by atoms with Crippen molar-refractivity contribution in [2.45, 2.75) is 6.92 Å². The lowest BCUT2D eigenvalue weighted by molar-refractivity contribution is 0.0983. The molecule has 0 saturated heterocycles. The van der Waals surface area contributed by atoms with Gasteiger partial charge in [-0.2, -0.15) is 0 Å². The van der Waals surface area contributed by atoms with Crippen molar-refractivity contribution >= 4 is 28.7 Å². The van der Waals surface area contributed by atoms with Crippen LogP contribution in [-0.2, 0) is 0 Å². The van der Waals surface area contributed by atoms with Gasteiger partial charge in [0, 0.05) is 23.6 Å². The summed E-state index contributed by atoms with van der Waals surface area (Å²) in [6.45, 7) is 9.22. The number of hydrogen-bond acceptors (Lipinski definition) is 3. The zero-order chi connectivity index (χ0) is 19.8. The summed E-state index contributed by atoms with van der Waals surface area (Å²) in [5, 5.41) is 0. The van der Waals surface area contributed by atoms with Crippen LogP contribution in [0.4, 0.5) is 27.1 Å². The highest BCUT2D eigenvalue weighted by Gasteiger charge is 2.32. The van der Waals surface area contributed by atoms with Crippen molar-refractivity contribution in [3.8, 4) is 0 Å². The Kier molecular flexibility index (Phi) is 4.17. The van der Waals surface area contributed by atoms with Gasteiger partial charge >= 0.3 is 0 Å². The SMILES string of the molecule is [C-]#[N+]c1ccc2c(c1)N(c1ccc(F)cc1C)CN(c1ccc(=O)[nH]c1)C2=O. The molecule has 3 aromatic rings. The molecule has 1 aliphatic heterocycles. The lowest BCUT2D eigenvalue weighted by atomic mass is 10.0. The number of rotatable bonds is 2. The van der Waals surface area contributed by atoms with Crippen LogP contribution in [0, 0.1) is 19.3 Å². The number of carbonyl (C=O) groups excluding carboxylic acids is 1. The number of amides is 1. The van der Waals surface area contributed by atoms with Gasteiger partial charge in [0.25, 0.3) is 5.91 Å². The van der Waals surface area contributed by atoms with Crippen LogP contribution in [0.25, 0.3) is 4.85 Å². The summed E-state index contributed by atoms with van der Waals surface area (Å²) in [5.74, 6) is -0.587. The Labute approximate surface area is 160 Å². The van der Waals surface area contributed by atoms with Crippen LogP contribution < -0.4 is 15.4 Å². The number of pyridine rings is 1. The highest BCUT2D eigenvalue weighted by Crippen LogP contribution is 2.38. The van der Waals surface area contributed by atoms with Gasteiger partial charge < -0.3 is 9.88 Å². The number of halogens is 1. The molecule has 0 bridgehead atoms. The van der Waals surface area contributed by atoms with Gasteiger partial charge in [-0.15, -0.1) is 0 Å². The first-order valence-corrected chi connectivity index (χ1v) is 8.54. The first-order chi connectivity index (χ1) is 13.5. The highest BCUT2D eigenvalue weighted by atomic mass is 19.1. The molecule has 7 heteroatoms. The second-order valence-corrected chi connectivity index (χ2v) is 6.46. The molecular formula is C21H15FN4O2. The smallest absolute Gasteiger partial charge is 0.261 e. The van der Waals surface area contributed by atoms with Crippen molar-refractivity contribution in [1.82, 2.24) is 4.98 Å². The highest BCUT2D eigenvalue weighted by molar-refractivity contribution is 6.13. The average molecular weight is 374 g/mol. The predicted octanol–water partition coefficient (Wildman–Crippen LogP) is 4.13. The maximum Gasteiger partial charge on any atom is 0.261 e. The second kappa shape index (κ2) is 6.67. The number of nitrogens with one attached hydrogen (secondary N) is 1. The molecule has 0 saturated carbocycles. The molecule has 6 nitrogen and oxygen atoms in total. The normalized spacial score (nSPS) is 13.2. The quantitative estimate of drug-likeness (QED) is 0.686. The third-order valence-electron chi connectivity index (χ3n) is 4.69. The van der Waals surface area contributed by atoms with Crippen LogP contribution in [0.15, 0.2) is 59.5 Å². The average Bonchev–Trinajstić information content (AvgIpc) is 2.69. The first kappa shape index (κ1) is 17.5. The van der Waals surface area contributed by atoms with Gasteiger partial charge in [0.1, 0.15) is 12.5 Å². The van der Waals surface area contributed by atoms with E-state index in [9.17, 15) is 14.0 Å². The minimum atomic E-state index is -0.345. The summed E-state index contributed by atoms with van der Waals surface area (Å²) in [7, 11) is 0. The van der Waals surface area contributed by atoms with E-state index in [2.05, 4.69) is 9.83 Å². The Morgan fingerprint density at radius 1 is 1.04 bits per heavy atom. The number of H-pyrrole nitrogens is 1. The Morgan fingerprint density at radius 3 is 2.54 bits per heavy atom. The summed E-state index contributed by atoms with van der Waals surface area (Å²) in [6.07, 6.45) is 1.48. The van der Waals surface area contributed by atoms with E-state index in [1.54, 1.807) is 37.3 Å². The molecule has 0 atom stereocenters. The maximum absolute atomic E-state index is 13.6. The van der Waals surface area contributed by atoms with E-state index in [1.165, 1.54) is 29.3 Å². The van der Waals surface area contributed by atoms with Gasteiger partial charge in [-0.1, -0.05) is 12.1 Å². The summed E-state index contributed by atoms with van der Waals surface area (Å²) < 4.78 is 13.6. The van der Waals surface area contributed by atoms with Crippen molar-refractivity contribution in [2.24, 2.45) is 0 Å². The first-order valence-electron chi connectivity index (χ1n) is 8.54. The molecule has 138 valence electrons. The molecule has 4 rings (SSSR count). The lowest BCUT2D eigenvalue weighted by Gasteiger charge is -2.38. The molecule has 2 heterocycles. The van der Waals surface area contributed by atoms with E-state index in [-0.39, 0.29) is 24.0 Å². The number of hydrogen-bond donors (Lipinski definition) is 1. The van der Waals surface area contributed by atoms with Crippen molar-refractivity contribution in [3.05, 3.63) is 93.4 Å². The number of nitrogens with zero attached hydrogens (tertiary/aromatic N) is 3. The minimum Gasteiger partial charge on any atom is -0.327 e. The zero-order valence-corrected chi connectivity index (χ0v) is 14.9. The van der Waals surface area contributed by atoms with Crippen LogP contribution in [-0.4, -0.2) is 17.6 Å². The van der Waals surface area contributed by atoms with E-state index in [0.717, 1.165) is 5.69 Å². The van der Waals surface area contributed by atoms with Crippen molar-refractivity contribution < 1.29 is 9.18 Å². The van der Waals surface area contributed by atoms with Crippen LogP contribution in [0.1, 0.15) is 15.9 Å². The van der Waals surface area contributed by atoms with Crippen LogP contribution in [0.3, 0.4) is 0 Å².